The maximum absolute atomic E-state index is 13.1. The highest BCUT2D eigenvalue weighted by Crippen LogP contribution is 2.15. The molecular formula is C14H16FNO. The molecule has 0 bridgehead atoms. The van der Waals surface area contributed by atoms with Crippen molar-refractivity contribution in [1.82, 2.24) is 0 Å². The van der Waals surface area contributed by atoms with E-state index in [-0.39, 0.29) is 11.9 Å². The molecule has 1 N–H and O–H groups in total. The smallest absolute Gasteiger partial charge is 0.126 e. The van der Waals surface area contributed by atoms with Gasteiger partial charge in [-0.2, -0.15) is 0 Å². The number of anilines is 1. The maximum Gasteiger partial charge on any atom is 0.126 e. The molecule has 0 aliphatic carbocycles. The quantitative estimate of drug-likeness (QED) is 0.869. The van der Waals surface area contributed by atoms with Gasteiger partial charge in [-0.3, -0.25) is 0 Å². The molecule has 1 aromatic carbocycles. The van der Waals surface area contributed by atoms with E-state index in [4.69, 9.17) is 4.42 Å². The van der Waals surface area contributed by atoms with Gasteiger partial charge in [-0.25, -0.2) is 4.39 Å². The summed E-state index contributed by atoms with van der Waals surface area (Å²) in [6.07, 6.45) is 2.48. The molecule has 0 spiro atoms. The lowest BCUT2D eigenvalue weighted by atomic mass is 10.1. The second-order valence-electron chi connectivity index (χ2n) is 4.29. The van der Waals surface area contributed by atoms with Crippen molar-refractivity contribution < 1.29 is 8.81 Å². The zero-order valence-electron chi connectivity index (χ0n) is 10.0. The van der Waals surface area contributed by atoms with Gasteiger partial charge in [-0.05, 0) is 49.7 Å². The van der Waals surface area contributed by atoms with Crippen molar-refractivity contribution in [2.45, 2.75) is 26.3 Å². The third-order valence-corrected chi connectivity index (χ3v) is 2.66. The predicted octanol–water partition coefficient (Wildman–Crippen LogP) is 3.77. The standard InChI is InChI=1S/C14H16FNO/c1-10-8-12(5-6-14(10)15)16-11(2)9-13-4-3-7-17-13/h3-8,11,16H,9H2,1-2H3. The van der Waals surface area contributed by atoms with Gasteiger partial charge >= 0.3 is 0 Å². The van der Waals surface area contributed by atoms with Crippen molar-refractivity contribution in [2.75, 3.05) is 5.32 Å². The molecule has 2 rings (SSSR count). The Hall–Kier alpha value is -1.77. The molecule has 1 atom stereocenters. The van der Waals surface area contributed by atoms with Crippen molar-refractivity contribution >= 4 is 5.69 Å². The van der Waals surface area contributed by atoms with Crippen LogP contribution in [-0.4, -0.2) is 6.04 Å². The van der Waals surface area contributed by atoms with Gasteiger partial charge in [-0.1, -0.05) is 0 Å². The summed E-state index contributed by atoms with van der Waals surface area (Å²) in [5.41, 5.74) is 1.59. The van der Waals surface area contributed by atoms with E-state index in [1.165, 1.54) is 6.07 Å². The number of halogens is 1. The summed E-state index contributed by atoms with van der Waals surface area (Å²) in [4.78, 5) is 0. The molecule has 1 unspecified atom stereocenters. The Labute approximate surface area is 100 Å². The lowest BCUT2D eigenvalue weighted by Gasteiger charge is -2.14. The Morgan fingerprint density at radius 3 is 2.82 bits per heavy atom. The van der Waals surface area contributed by atoms with Gasteiger partial charge in [0.05, 0.1) is 6.26 Å². The number of hydrogen-bond donors (Lipinski definition) is 1. The van der Waals surface area contributed by atoms with Crippen LogP contribution in [-0.2, 0) is 6.42 Å². The first-order chi connectivity index (χ1) is 8.15. The number of aryl methyl sites for hydroxylation is 1. The molecule has 2 nitrogen and oxygen atoms in total. The Morgan fingerprint density at radius 1 is 1.35 bits per heavy atom. The van der Waals surface area contributed by atoms with Crippen molar-refractivity contribution in [3.05, 3.63) is 53.7 Å². The normalized spacial score (nSPS) is 12.4. The number of nitrogens with one attached hydrogen (secondary N) is 1. The molecule has 1 heterocycles. The van der Waals surface area contributed by atoms with Crippen molar-refractivity contribution in [1.29, 1.82) is 0 Å². The summed E-state index contributed by atoms with van der Waals surface area (Å²) in [6, 6.07) is 9.12. The van der Waals surface area contributed by atoms with E-state index in [2.05, 4.69) is 12.2 Å². The SMILES string of the molecule is Cc1cc(NC(C)Cc2ccco2)ccc1F. The third kappa shape index (κ3) is 3.09. The second kappa shape index (κ2) is 5.04. The van der Waals surface area contributed by atoms with Gasteiger partial charge in [0.25, 0.3) is 0 Å². The van der Waals surface area contributed by atoms with Gasteiger partial charge in [-0.15, -0.1) is 0 Å². The molecule has 0 amide bonds. The molecule has 0 aliphatic heterocycles. The van der Waals surface area contributed by atoms with E-state index in [1.54, 1.807) is 19.3 Å². The van der Waals surface area contributed by atoms with E-state index in [0.29, 0.717) is 5.56 Å². The van der Waals surface area contributed by atoms with Crippen LogP contribution < -0.4 is 5.32 Å². The van der Waals surface area contributed by atoms with Gasteiger partial charge in [0.1, 0.15) is 11.6 Å². The molecule has 0 saturated carbocycles. The van der Waals surface area contributed by atoms with Crippen LogP contribution in [0.3, 0.4) is 0 Å². The molecule has 1 aromatic heterocycles. The van der Waals surface area contributed by atoms with E-state index in [1.807, 2.05) is 18.2 Å². The highest BCUT2D eigenvalue weighted by atomic mass is 19.1. The summed E-state index contributed by atoms with van der Waals surface area (Å²) >= 11 is 0. The van der Waals surface area contributed by atoms with Crippen LogP contribution >= 0.6 is 0 Å². The predicted molar refractivity (Wildman–Crippen MR) is 66.6 cm³/mol. The average Bonchev–Trinajstić information content (AvgIpc) is 2.76. The lowest BCUT2D eigenvalue weighted by Crippen LogP contribution is -2.17. The fourth-order valence-electron chi connectivity index (χ4n) is 1.80. The molecule has 2 aromatic rings. The molecule has 3 heteroatoms. The largest absolute Gasteiger partial charge is 0.469 e. The summed E-state index contributed by atoms with van der Waals surface area (Å²) in [5.74, 6) is 0.776. The first-order valence-corrected chi connectivity index (χ1v) is 5.70. The van der Waals surface area contributed by atoms with Gasteiger partial charge < -0.3 is 9.73 Å². The van der Waals surface area contributed by atoms with E-state index < -0.39 is 0 Å². The third-order valence-electron chi connectivity index (χ3n) is 2.66. The first-order valence-electron chi connectivity index (χ1n) is 5.70. The van der Waals surface area contributed by atoms with Crippen molar-refractivity contribution in [3.8, 4) is 0 Å². The molecule has 0 radical (unpaired) electrons. The zero-order valence-corrected chi connectivity index (χ0v) is 10.0. The average molecular weight is 233 g/mol. The highest BCUT2D eigenvalue weighted by molar-refractivity contribution is 5.46. The molecular weight excluding hydrogens is 217 g/mol. The van der Waals surface area contributed by atoms with Crippen LogP contribution in [0.25, 0.3) is 0 Å². The first kappa shape index (κ1) is 11.7. The van der Waals surface area contributed by atoms with Crippen molar-refractivity contribution in [2.24, 2.45) is 0 Å². The summed E-state index contributed by atoms with van der Waals surface area (Å²) < 4.78 is 18.4. The lowest BCUT2D eigenvalue weighted by molar-refractivity contribution is 0.498. The fraction of sp³-hybridized carbons (Fsp3) is 0.286. The number of furan rings is 1. The molecule has 90 valence electrons. The number of benzene rings is 1. The summed E-state index contributed by atoms with van der Waals surface area (Å²) in [5, 5.41) is 3.32. The maximum atomic E-state index is 13.1. The van der Waals surface area contributed by atoms with Crippen LogP contribution in [0, 0.1) is 12.7 Å². The van der Waals surface area contributed by atoms with Gasteiger partial charge in [0.15, 0.2) is 0 Å². The highest BCUT2D eigenvalue weighted by Gasteiger charge is 2.06. The van der Waals surface area contributed by atoms with Gasteiger partial charge in [0, 0.05) is 18.2 Å². The van der Waals surface area contributed by atoms with E-state index in [0.717, 1.165) is 17.9 Å². The Kier molecular flexibility index (Phi) is 3.47. The molecule has 0 saturated heterocycles. The van der Waals surface area contributed by atoms with Crippen LogP contribution in [0.2, 0.25) is 0 Å². The number of hydrogen-bond acceptors (Lipinski definition) is 2. The summed E-state index contributed by atoms with van der Waals surface area (Å²) in [7, 11) is 0. The fourth-order valence-corrected chi connectivity index (χ4v) is 1.80. The van der Waals surface area contributed by atoms with E-state index >= 15 is 0 Å². The van der Waals surface area contributed by atoms with E-state index in [9.17, 15) is 4.39 Å². The topological polar surface area (TPSA) is 25.2 Å². The minimum atomic E-state index is -0.172. The van der Waals surface area contributed by atoms with Crippen LogP contribution in [0.15, 0.2) is 41.0 Å². The minimum Gasteiger partial charge on any atom is -0.469 e. The Morgan fingerprint density at radius 2 is 2.18 bits per heavy atom. The summed E-state index contributed by atoms with van der Waals surface area (Å²) in [6.45, 7) is 3.83. The Bertz CT molecular complexity index is 479. The second-order valence-corrected chi connectivity index (χ2v) is 4.29. The van der Waals surface area contributed by atoms with Crippen LogP contribution in [0.4, 0.5) is 10.1 Å². The monoisotopic (exact) mass is 233 g/mol. The van der Waals surface area contributed by atoms with Crippen molar-refractivity contribution in [3.63, 3.8) is 0 Å². The van der Waals surface area contributed by atoms with Gasteiger partial charge in [0.2, 0.25) is 0 Å². The van der Waals surface area contributed by atoms with Crippen LogP contribution in [0.1, 0.15) is 18.2 Å². The van der Waals surface area contributed by atoms with Crippen LogP contribution in [0.5, 0.6) is 0 Å². The number of rotatable bonds is 4. The molecule has 0 fully saturated rings. The molecule has 0 aliphatic rings. The minimum absolute atomic E-state index is 0.172. The Balaban J connectivity index is 1.98. The molecule has 17 heavy (non-hydrogen) atoms. The zero-order chi connectivity index (χ0) is 12.3.